The van der Waals surface area contributed by atoms with Gasteiger partial charge in [-0.2, -0.15) is 0 Å². The van der Waals surface area contributed by atoms with Gasteiger partial charge in [0.2, 0.25) is 0 Å². The van der Waals surface area contributed by atoms with Crippen molar-refractivity contribution in [3.05, 3.63) is 71.7 Å². The number of nitrogens with zero attached hydrogens (tertiary/aromatic N) is 1. The molecule has 3 aromatic rings. The number of amides is 1. The largest absolute Gasteiger partial charge is 0.462 e. The van der Waals surface area contributed by atoms with E-state index >= 15 is 0 Å². The minimum absolute atomic E-state index is 0.152. The highest BCUT2D eigenvalue weighted by Crippen LogP contribution is 2.39. The minimum atomic E-state index is -0.512. The number of halogens is 1. The zero-order chi connectivity index (χ0) is 22.0. The van der Waals surface area contributed by atoms with E-state index in [2.05, 4.69) is 0 Å². The Labute approximate surface area is 180 Å². The number of esters is 1. The van der Waals surface area contributed by atoms with Gasteiger partial charge >= 0.3 is 5.97 Å². The van der Waals surface area contributed by atoms with Gasteiger partial charge in [0, 0.05) is 30.6 Å². The zero-order valence-corrected chi connectivity index (χ0v) is 17.4. The fourth-order valence-electron chi connectivity index (χ4n) is 4.37. The predicted octanol–water partition coefficient (Wildman–Crippen LogP) is 4.85. The second-order valence-electron chi connectivity index (χ2n) is 7.87. The highest BCUT2D eigenvalue weighted by molar-refractivity contribution is 6.05. The lowest BCUT2D eigenvalue weighted by Gasteiger charge is -2.23. The lowest BCUT2D eigenvalue weighted by Crippen LogP contribution is -2.25. The predicted molar refractivity (Wildman–Crippen MR) is 117 cm³/mol. The van der Waals surface area contributed by atoms with E-state index in [1.807, 2.05) is 41.8 Å². The van der Waals surface area contributed by atoms with E-state index in [0.29, 0.717) is 24.9 Å². The third-order valence-corrected chi connectivity index (χ3v) is 5.83. The number of hydrogen-bond acceptors (Lipinski definition) is 3. The highest BCUT2D eigenvalue weighted by Gasteiger charge is 2.27. The summed E-state index contributed by atoms with van der Waals surface area (Å²) in [6.45, 7) is 2.41. The maximum Gasteiger partial charge on any atom is 0.306 e. The molecule has 0 saturated carbocycles. The SMILES string of the molecule is Cc1c(C(N)=O)c(-c2ccccc2)c(-c2ccc(F)cc2)n1CCC1CCCC(=O)O1. The van der Waals surface area contributed by atoms with E-state index < -0.39 is 5.91 Å². The molecule has 0 radical (unpaired) electrons. The smallest absolute Gasteiger partial charge is 0.306 e. The molecule has 2 N–H and O–H groups in total. The number of ether oxygens (including phenoxy) is 1. The number of rotatable bonds is 6. The van der Waals surface area contributed by atoms with Crippen molar-refractivity contribution in [2.75, 3.05) is 0 Å². The third-order valence-electron chi connectivity index (χ3n) is 5.83. The average Bonchev–Trinajstić information content (AvgIpc) is 3.06. The lowest BCUT2D eigenvalue weighted by atomic mass is 9.96. The lowest BCUT2D eigenvalue weighted by molar-refractivity contribution is -0.154. The Balaban J connectivity index is 1.85. The molecular formula is C25H25FN2O3. The Morgan fingerprint density at radius 2 is 1.84 bits per heavy atom. The number of aromatic nitrogens is 1. The van der Waals surface area contributed by atoms with E-state index in [0.717, 1.165) is 40.9 Å². The van der Waals surface area contributed by atoms with Gasteiger partial charge in [0.25, 0.3) is 5.91 Å². The molecule has 1 amide bonds. The summed E-state index contributed by atoms with van der Waals surface area (Å²) in [5, 5.41) is 0. The van der Waals surface area contributed by atoms with Crippen LogP contribution in [-0.4, -0.2) is 22.5 Å². The maximum atomic E-state index is 13.6. The maximum absolute atomic E-state index is 13.6. The van der Waals surface area contributed by atoms with Crippen LogP contribution in [0, 0.1) is 12.7 Å². The summed E-state index contributed by atoms with van der Waals surface area (Å²) in [7, 11) is 0. The summed E-state index contributed by atoms with van der Waals surface area (Å²) >= 11 is 0. The molecule has 1 aliphatic heterocycles. The number of cyclic esters (lactones) is 1. The van der Waals surface area contributed by atoms with E-state index in [1.54, 1.807) is 12.1 Å². The molecule has 1 aromatic heterocycles. The van der Waals surface area contributed by atoms with Gasteiger partial charge in [0.1, 0.15) is 11.9 Å². The molecule has 5 nitrogen and oxygen atoms in total. The molecule has 1 saturated heterocycles. The first-order valence-corrected chi connectivity index (χ1v) is 10.5. The fourth-order valence-corrected chi connectivity index (χ4v) is 4.37. The molecule has 6 heteroatoms. The van der Waals surface area contributed by atoms with Crippen molar-refractivity contribution in [2.24, 2.45) is 5.73 Å². The molecular weight excluding hydrogens is 395 g/mol. The number of carbonyl (C=O) groups is 2. The van der Waals surface area contributed by atoms with Crippen LogP contribution in [0.5, 0.6) is 0 Å². The van der Waals surface area contributed by atoms with Gasteiger partial charge in [0.05, 0.1) is 11.3 Å². The number of hydrogen-bond donors (Lipinski definition) is 1. The van der Waals surface area contributed by atoms with Gasteiger partial charge in [-0.15, -0.1) is 0 Å². The van der Waals surface area contributed by atoms with Crippen LogP contribution in [0.2, 0.25) is 0 Å². The molecule has 160 valence electrons. The number of carbonyl (C=O) groups excluding carboxylic acids is 2. The number of nitrogens with two attached hydrogens (primary N) is 1. The zero-order valence-electron chi connectivity index (χ0n) is 17.4. The van der Waals surface area contributed by atoms with Crippen LogP contribution in [0.4, 0.5) is 4.39 Å². The first-order valence-electron chi connectivity index (χ1n) is 10.5. The van der Waals surface area contributed by atoms with Crippen molar-refractivity contribution < 1.29 is 18.7 Å². The minimum Gasteiger partial charge on any atom is -0.462 e. The second kappa shape index (κ2) is 8.76. The number of primary amides is 1. The van der Waals surface area contributed by atoms with Gasteiger partial charge in [-0.1, -0.05) is 30.3 Å². The van der Waals surface area contributed by atoms with Crippen LogP contribution in [0.1, 0.15) is 41.7 Å². The van der Waals surface area contributed by atoms with Crippen molar-refractivity contribution >= 4 is 11.9 Å². The molecule has 0 bridgehead atoms. The van der Waals surface area contributed by atoms with Gasteiger partial charge in [-0.25, -0.2) is 4.39 Å². The summed E-state index contributed by atoms with van der Waals surface area (Å²) in [4.78, 5) is 24.2. The van der Waals surface area contributed by atoms with Crippen molar-refractivity contribution in [2.45, 2.75) is 45.3 Å². The summed E-state index contributed by atoms with van der Waals surface area (Å²) in [6, 6.07) is 15.8. The summed E-state index contributed by atoms with van der Waals surface area (Å²) in [5.41, 5.74) is 10.2. The quantitative estimate of drug-likeness (QED) is 0.579. The Hall–Kier alpha value is -3.41. The van der Waals surface area contributed by atoms with Crippen molar-refractivity contribution in [1.82, 2.24) is 4.57 Å². The van der Waals surface area contributed by atoms with Crippen molar-refractivity contribution in [3.8, 4) is 22.4 Å². The van der Waals surface area contributed by atoms with Gasteiger partial charge < -0.3 is 15.0 Å². The Morgan fingerprint density at radius 3 is 2.48 bits per heavy atom. The monoisotopic (exact) mass is 420 g/mol. The molecule has 1 aliphatic rings. The Kier molecular flexibility index (Phi) is 5.89. The molecule has 1 atom stereocenters. The fraction of sp³-hybridized carbons (Fsp3) is 0.280. The molecule has 31 heavy (non-hydrogen) atoms. The van der Waals surface area contributed by atoms with Gasteiger partial charge in [-0.05, 0) is 55.2 Å². The van der Waals surface area contributed by atoms with Crippen LogP contribution in [0.3, 0.4) is 0 Å². The highest BCUT2D eigenvalue weighted by atomic mass is 19.1. The van der Waals surface area contributed by atoms with E-state index in [4.69, 9.17) is 10.5 Å². The molecule has 2 aromatic carbocycles. The average molecular weight is 420 g/mol. The van der Waals surface area contributed by atoms with Crippen molar-refractivity contribution in [3.63, 3.8) is 0 Å². The van der Waals surface area contributed by atoms with E-state index in [-0.39, 0.29) is 17.9 Å². The summed E-state index contributed by atoms with van der Waals surface area (Å²) in [6.07, 6.45) is 2.58. The standard InChI is InChI=1S/C25H25FN2O3/c1-16-22(25(27)30)23(17-6-3-2-4-7-17)24(18-10-12-19(26)13-11-18)28(16)15-14-20-8-5-9-21(29)31-20/h2-4,6-7,10-13,20H,5,8-9,14-15H2,1H3,(H2,27,30). The number of benzene rings is 2. The molecule has 0 aliphatic carbocycles. The Bertz CT molecular complexity index is 1100. The van der Waals surface area contributed by atoms with E-state index in [1.165, 1.54) is 12.1 Å². The Morgan fingerprint density at radius 1 is 1.13 bits per heavy atom. The van der Waals surface area contributed by atoms with Gasteiger partial charge in [0.15, 0.2) is 0 Å². The summed E-state index contributed by atoms with van der Waals surface area (Å²) in [5.74, 6) is -1.01. The third kappa shape index (κ3) is 4.24. The molecule has 4 rings (SSSR count). The molecule has 2 heterocycles. The molecule has 1 fully saturated rings. The topological polar surface area (TPSA) is 74.3 Å². The van der Waals surface area contributed by atoms with Crippen molar-refractivity contribution in [1.29, 1.82) is 0 Å². The first kappa shape index (κ1) is 20.8. The van der Waals surface area contributed by atoms with E-state index in [9.17, 15) is 14.0 Å². The van der Waals surface area contributed by atoms with Crippen LogP contribution in [-0.2, 0) is 16.1 Å². The normalized spacial score (nSPS) is 16.2. The summed E-state index contributed by atoms with van der Waals surface area (Å²) < 4.78 is 21.2. The second-order valence-corrected chi connectivity index (χ2v) is 7.87. The molecule has 0 spiro atoms. The van der Waals surface area contributed by atoms with Crippen LogP contribution in [0.25, 0.3) is 22.4 Å². The van der Waals surface area contributed by atoms with Crippen LogP contribution in [0.15, 0.2) is 54.6 Å². The van der Waals surface area contributed by atoms with Gasteiger partial charge in [-0.3, -0.25) is 9.59 Å². The van der Waals surface area contributed by atoms with Crippen LogP contribution >= 0.6 is 0 Å². The van der Waals surface area contributed by atoms with Crippen LogP contribution < -0.4 is 5.73 Å². The first-order chi connectivity index (χ1) is 15.0. The molecule has 1 unspecified atom stereocenters.